The third-order valence-electron chi connectivity index (χ3n) is 2.36. The van der Waals surface area contributed by atoms with Crippen LogP contribution >= 0.6 is 23.2 Å². The maximum absolute atomic E-state index is 11.4. The lowest BCUT2D eigenvalue weighted by Gasteiger charge is -2.05. The zero-order chi connectivity index (χ0) is 13.1. The van der Waals surface area contributed by atoms with Gasteiger partial charge >= 0.3 is 5.97 Å². The van der Waals surface area contributed by atoms with Gasteiger partial charge in [0.1, 0.15) is 0 Å². The Morgan fingerprint density at radius 1 is 1.06 bits per heavy atom. The van der Waals surface area contributed by atoms with Crippen molar-refractivity contribution in [3.63, 3.8) is 0 Å². The molecule has 2 rings (SSSR count). The maximum atomic E-state index is 11.4. The van der Waals surface area contributed by atoms with E-state index in [0.29, 0.717) is 15.6 Å². The number of carbonyl (C=O) groups excluding carboxylic acids is 1. The molecule has 0 spiro atoms. The van der Waals surface area contributed by atoms with Crippen LogP contribution in [0.2, 0.25) is 10.0 Å². The number of aromatic nitrogens is 1. The molecular weight excluding hydrogens is 273 g/mol. The van der Waals surface area contributed by atoms with Gasteiger partial charge in [0, 0.05) is 28.0 Å². The van der Waals surface area contributed by atoms with Crippen molar-refractivity contribution < 1.29 is 9.53 Å². The Labute approximate surface area is 114 Å². The average molecular weight is 282 g/mol. The lowest BCUT2D eigenvalue weighted by molar-refractivity contribution is 0.0600. The summed E-state index contributed by atoms with van der Waals surface area (Å²) in [4.78, 5) is 15.4. The number of nitrogens with zero attached hydrogens (tertiary/aromatic N) is 1. The normalized spacial score (nSPS) is 10.2. The molecule has 0 bridgehead atoms. The van der Waals surface area contributed by atoms with Crippen molar-refractivity contribution >= 4 is 29.2 Å². The highest BCUT2D eigenvalue weighted by atomic mass is 35.5. The summed E-state index contributed by atoms with van der Waals surface area (Å²) in [5.74, 6) is -0.433. The molecule has 0 aliphatic rings. The Balaban J connectivity index is 2.47. The summed E-state index contributed by atoms with van der Waals surface area (Å²) in [5, 5.41) is 1.06. The first-order valence-electron chi connectivity index (χ1n) is 5.10. The van der Waals surface area contributed by atoms with Gasteiger partial charge in [-0.1, -0.05) is 23.2 Å². The number of rotatable bonds is 2. The molecule has 3 nitrogen and oxygen atoms in total. The van der Waals surface area contributed by atoms with E-state index < -0.39 is 5.97 Å². The van der Waals surface area contributed by atoms with Crippen LogP contribution in [0, 0.1) is 0 Å². The largest absolute Gasteiger partial charge is 0.465 e. The second-order valence-corrected chi connectivity index (χ2v) is 4.48. The van der Waals surface area contributed by atoms with E-state index >= 15 is 0 Å². The van der Waals surface area contributed by atoms with Gasteiger partial charge in [-0.05, 0) is 29.8 Å². The van der Waals surface area contributed by atoms with E-state index in [1.807, 2.05) is 0 Å². The van der Waals surface area contributed by atoms with E-state index in [9.17, 15) is 4.79 Å². The molecule has 1 aromatic carbocycles. The van der Waals surface area contributed by atoms with Gasteiger partial charge in [-0.15, -0.1) is 0 Å². The van der Waals surface area contributed by atoms with E-state index in [-0.39, 0.29) is 0 Å². The van der Waals surface area contributed by atoms with E-state index in [4.69, 9.17) is 23.2 Å². The zero-order valence-corrected chi connectivity index (χ0v) is 11.0. The number of methoxy groups -OCH3 is 1. The third-order valence-corrected chi connectivity index (χ3v) is 2.79. The highest BCUT2D eigenvalue weighted by Crippen LogP contribution is 2.27. The first-order chi connectivity index (χ1) is 8.60. The summed E-state index contributed by atoms with van der Waals surface area (Å²) in [6.45, 7) is 0. The molecule has 0 radical (unpaired) electrons. The smallest absolute Gasteiger partial charge is 0.339 e. The van der Waals surface area contributed by atoms with Gasteiger partial charge in [-0.3, -0.25) is 4.98 Å². The summed E-state index contributed by atoms with van der Waals surface area (Å²) in [5.41, 5.74) is 1.93. The molecule has 0 aliphatic carbocycles. The van der Waals surface area contributed by atoms with Crippen LogP contribution < -0.4 is 0 Å². The monoisotopic (exact) mass is 281 g/mol. The number of esters is 1. The molecule has 0 fully saturated rings. The first kappa shape index (κ1) is 12.9. The first-order valence-corrected chi connectivity index (χ1v) is 5.85. The van der Waals surface area contributed by atoms with Crippen LogP contribution in [0.15, 0.2) is 36.7 Å². The van der Waals surface area contributed by atoms with Gasteiger partial charge in [-0.2, -0.15) is 0 Å². The van der Waals surface area contributed by atoms with Gasteiger partial charge < -0.3 is 4.74 Å². The van der Waals surface area contributed by atoms with Crippen LogP contribution in [0.25, 0.3) is 11.1 Å². The maximum Gasteiger partial charge on any atom is 0.339 e. The van der Waals surface area contributed by atoms with Gasteiger partial charge in [0.05, 0.1) is 12.7 Å². The Morgan fingerprint density at radius 2 is 1.72 bits per heavy atom. The van der Waals surface area contributed by atoms with Gasteiger partial charge in [0.25, 0.3) is 0 Å². The van der Waals surface area contributed by atoms with Crippen LogP contribution in [-0.4, -0.2) is 18.1 Å². The van der Waals surface area contributed by atoms with E-state index in [2.05, 4.69) is 9.72 Å². The number of pyridine rings is 1. The highest BCUT2D eigenvalue weighted by Gasteiger charge is 2.08. The molecule has 0 aliphatic heterocycles. The van der Waals surface area contributed by atoms with Gasteiger partial charge in [-0.25, -0.2) is 4.79 Å². The van der Waals surface area contributed by atoms with Crippen LogP contribution in [0.4, 0.5) is 0 Å². The fourth-order valence-corrected chi connectivity index (χ4v) is 2.07. The molecule has 0 atom stereocenters. The molecule has 0 unspecified atom stereocenters. The van der Waals surface area contributed by atoms with Gasteiger partial charge in [0.15, 0.2) is 0 Å². The van der Waals surface area contributed by atoms with Crippen LogP contribution in [0.1, 0.15) is 10.4 Å². The highest BCUT2D eigenvalue weighted by molar-refractivity contribution is 6.35. The van der Waals surface area contributed by atoms with Crippen LogP contribution in [-0.2, 0) is 4.74 Å². The number of halogens is 2. The minimum Gasteiger partial charge on any atom is -0.465 e. The number of benzene rings is 1. The molecule has 1 aromatic heterocycles. The predicted molar refractivity (Wildman–Crippen MR) is 71.0 cm³/mol. The third kappa shape index (κ3) is 2.81. The molecule has 0 N–H and O–H groups in total. The zero-order valence-electron chi connectivity index (χ0n) is 9.48. The number of hydrogen-bond donors (Lipinski definition) is 0. The minimum absolute atomic E-state index is 0.381. The molecule has 0 amide bonds. The Morgan fingerprint density at radius 3 is 2.33 bits per heavy atom. The molecule has 0 saturated heterocycles. The summed E-state index contributed by atoms with van der Waals surface area (Å²) < 4.78 is 4.64. The van der Waals surface area contributed by atoms with Crippen molar-refractivity contribution in [2.24, 2.45) is 0 Å². The molecule has 18 heavy (non-hydrogen) atoms. The van der Waals surface area contributed by atoms with Crippen LogP contribution in [0.3, 0.4) is 0 Å². The van der Waals surface area contributed by atoms with Crippen molar-refractivity contribution in [1.82, 2.24) is 4.98 Å². The molecule has 0 saturated carbocycles. The summed E-state index contributed by atoms with van der Waals surface area (Å²) in [7, 11) is 1.32. The predicted octanol–water partition coefficient (Wildman–Crippen LogP) is 3.84. The topological polar surface area (TPSA) is 39.2 Å². The summed E-state index contributed by atoms with van der Waals surface area (Å²) in [6.07, 6.45) is 3.08. The second kappa shape index (κ2) is 5.38. The number of ether oxygens (including phenoxy) is 1. The molecule has 1 heterocycles. The standard InChI is InChI=1S/C13H9Cl2NO2/c1-18-13(17)10-2-9(6-16-7-10)8-3-11(14)5-12(15)4-8/h2-7H,1H3. The van der Waals surface area contributed by atoms with Crippen molar-refractivity contribution in [2.75, 3.05) is 7.11 Å². The van der Waals surface area contributed by atoms with E-state index in [0.717, 1.165) is 11.1 Å². The Hall–Kier alpha value is -1.58. The number of carbonyl (C=O) groups is 1. The summed E-state index contributed by atoms with van der Waals surface area (Å²) >= 11 is 11.9. The van der Waals surface area contributed by atoms with E-state index in [1.54, 1.807) is 30.5 Å². The second-order valence-electron chi connectivity index (χ2n) is 3.61. The Kier molecular flexibility index (Phi) is 3.84. The lowest BCUT2D eigenvalue weighted by Crippen LogP contribution is -2.01. The number of hydrogen-bond acceptors (Lipinski definition) is 3. The lowest BCUT2D eigenvalue weighted by atomic mass is 10.1. The fourth-order valence-electron chi connectivity index (χ4n) is 1.55. The van der Waals surface area contributed by atoms with E-state index in [1.165, 1.54) is 13.3 Å². The molecule has 92 valence electrons. The van der Waals surface area contributed by atoms with Crippen molar-refractivity contribution in [1.29, 1.82) is 0 Å². The van der Waals surface area contributed by atoms with Crippen molar-refractivity contribution in [2.45, 2.75) is 0 Å². The molecule has 2 aromatic rings. The SMILES string of the molecule is COC(=O)c1cncc(-c2cc(Cl)cc(Cl)c2)c1. The molecule has 5 heteroatoms. The van der Waals surface area contributed by atoms with Crippen LogP contribution in [0.5, 0.6) is 0 Å². The Bertz CT molecular complexity index is 579. The fraction of sp³-hybridized carbons (Fsp3) is 0.0769. The molecular formula is C13H9Cl2NO2. The minimum atomic E-state index is -0.433. The van der Waals surface area contributed by atoms with Crippen molar-refractivity contribution in [3.05, 3.63) is 52.3 Å². The quantitative estimate of drug-likeness (QED) is 0.785. The van der Waals surface area contributed by atoms with Crippen molar-refractivity contribution in [3.8, 4) is 11.1 Å². The summed E-state index contributed by atoms with van der Waals surface area (Å²) in [6, 6.07) is 6.84. The van der Waals surface area contributed by atoms with Gasteiger partial charge in [0.2, 0.25) is 0 Å². The average Bonchev–Trinajstić information content (AvgIpc) is 2.37.